The van der Waals surface area contributed by atoms with Gasteiger partial charge in [-0.25, -0.2) is 0 Å². The van der Waals surface area contributed by atoms with Crippen LogP contribution in [0.5, 0.6) is 11.5 Å². The largest absolute Gasteiger partial charge is 0.486 e. The van der Waals surface area contributed by atoms with Crippen LogP contribution < -0.4 is 35.7 Å². The molecule has 6 aromatic carbocycles. The number of anilines is 6. The molecule has 7 aromatic rings. The number of rotatable bonds is 4. The highest BCUT2D eigenvalue weighted by Gasteiger charge is 2.47. The predicted octanol–water partition coefficient (Wildman–Crippen LogP) is 14.1. The topological polar surface area (TPSA) is 24.9 Å². The first-order valence-electron chi connectivity index (χ1n) is 22.9. The van der Waals surface area contributed by atoms with E-state index < -0.39 is 0 Å². The van der Waals surface area contributed by atoms with Gasteiger partial charge in [-0.15, -0.1) is 11.3 Å². The van der Waals surface area contributed by atoms with Gasteiger partial charge in [-0.05, 0) is 133 Å². The molecule has 63 heavy (non-hydrogen) atoms. The molecular formula is C57H61BN2O2S. The van der Waals surface area contributed by atoms with Gasteiger partial charge in [0.1, 0.15) is 13.2 Å². The second-order valence-electron chi connectivity index (χ2n) is 21.6. The Balaban J connectivity index is 1.37. The zero-order valence-corrected chi connectivity index (χ0v) is 40.3. The van der Waals surface area contributed by atoms with Crippen molar-refractivity contribution < 1.29 is 9.47 Å². The summed E-state index contributed by atoms with van der Waals surface area (Å²) in [5.74, 6) is 1.91. The number of ether oxygens (including phenoxy) is 2. The number of benzene rings is 6. The Kier molecular flexibility index (Phi) is 9.59. The van der Waals surface area contributed by atoms with Gasteiger partial charge in [0.25, 0.3) is 6.71 Å². The lowest BCUT2D eigenvalue weighted by Gasteiger charge is -2.45. The molecule has 6 heteroatoms. The molecule has 320 valence electrons. The van der Waals surface area contributed by atoms with Crippen molar-refractivity contribution >= 4 is 78.0 Å². The summed E-state index contributed by atoms with van der Waals surface area (Å²) >= 11 is 1.94. The number of nitrogens with zero attached hydrogens (tertiary/aromatic N) is 2. The fourth-order valence-corrected chi connectivity index (χ4v) is 11.4. The van der Waals surface area contributed by atoms with Crippen molar-refractivity contribution in [3.8, 4) is 22.6 Å². The normalized spacial score (nSPS) is 14.6. The third-order valence-corrected chi connectivity index (χ3v) is 14.8. The Morgan fingerprint density at radius 1 is 0.571 bits per heavy atom. The van der Waals surface area contributed by atoms with Crippen molar-refractivity contribution in [3.63, 3.8) is 0 Å². The fraction of sp³-hybridized carbons (Fsp3) is 0.333. The summed E-state index contributed by atoms with van der Waals surface area (Å²) < 4.78 is 14.3. The first-order valence-corrected chi connectivity index (χ1v) is 23.7. The standard InChI is InChI=1S/C57H61BN2O2S/c1-33(2)37-27-46-52-47(28-37)60(53-34(3)25-40(26-35(53)4)57(11,12)13)54-51(42-30-39(56(8,9)10)20-22-50(42)63-54)58(52)43-31-48-49(62-24-23-61-48)32-45(43)59(46)44-21-19-38(55(5,6)7)29-41(44)36-17-15-14-16-18-36/h14-22,25-33H,23-24H2,1-13H3. The second kappa shape index (κ2) is 14.5. The number of hydrogen-bond acceptors (Lipinski definition) is 5. The lowest BCUT2D eigenvalue weighted by atomic mass is 9.33. The molecule has 0 spiro atoms. The van der Waals surface area contributed by atoms with E-state index in [0.29, 0.717) is 13.2 Å². The first-order chi connectivity index (χ1) is 29.8. The lowest BCUT2D eigenvalue weighted by molar-refractivity contribution is 0.172. The van der Waals surface area contributed by atoms with Crippen LogP contribution in [0.15, 0.2) is 103 Å². The van der Waals surface area contributed by atoms with Crippen LogP contribution in [0.1, 0.15) is 115 Å². The van der Waals surface area contributed by atoms with Crippen LogP contribution in [0.25, 0.3) is 21.2 Å². The molecule has 0 bridgehead atoms. The van der Waals surface area contributed by atoms with Crippen molar-refractivity contribution in [2.45, 2.75) is 112 Å². The second-order valence-corrected chi connectivity index (χ2v) is 22.7. The third-order valence-electron chi connectivity index (χ3n) is 13.7. The molecule has 3 aliphatic rings. The third kappa shape index (κ3) is 6.78. The molecule has 4 heterocycles. The quantitative estimate of drug-likeness (QED) is 0.165. The Labute approximate surface area is 380 Å². The Morgan fingerprint density at radius 2 is 1.16 bits per heavy atom. The van der Waals surface area contributed by atoms with E-state index in [1.807, 2.05) is 11.3 Å². The van der Waals surface area contributed by atoms with E-state index in [-0.39, 0.29) is 28.9 Å². The molecule has 0 atom stereocenters. The summed E-state index contributed by atoms with van der Waals surface area (Å²) in [7, 11) is 0. The molecule has 0 unspecified atom stereocenters. The van der Waals surface area contributed by atoms with Crippen molar-refractivity contribution in [2.75, 3.05) is 23.0 Å². The van der Waals surface area contributed by atoms with Gasteiger partial charge in [0.15, 0.2) is 11.5 Å². The SMILES string of the molecule is Cc1cc(C(C)(C)C)cc(C)c1N1c2cc(C(C)C)cc3c2B(c2cc4c(cc2N3c2ccc(C(C)(C)C)cc2-c2ccccc2)OCCO4)c2c1sc1ccc(C(C)(C)C)cc21. The maximum atomic E-state index is 6.49. The zero-order valence-electron chi connectivity index (χ0n) is 39.5. The number of fused-ring (bicyclic) bond motifs is 7. The van der Waals surface area contributed by atoms with Crippen LogP contribution in [0, 0.1) is 13.8 Å². The van der Waals surface area contributed by atoms with Crippen LogP contribution in [-0.4, -0.2) is 19.9 Å². The minimum Gasteiger partial charge on any atom is -0.486 e. The molecule has 0 amide bonds. The summed E-state index contributed by atoms with van der Waals surface area (Å²) in [6.07, 6.45) is 0. The van der Waals surface area contributed by atoms with E-state index in [1.54, 1.807) is 0 Å². The molecular weight excluding hydrogens is 788 g/mol. The highest BCUT2D eigenvalue weighted by molar-refractivity contribution is 7.26. The maximum absolute atomic E-state index is 6.49. The minimum absolute atomic E-state index is 0.0128. The number of thiophene rings is 1. The highest BCUT2D eigenvalue weighted by Crippen LogP contribution is 2.53. The summed E-state index contributed by atoms with van der Waals surface area (Å²) in [5, 5.41) is 2.63. The average Bonchev–Trinajstić information content (AvgIpc) is 3.61. The van der Waals surface area contributed by atoms with E-state index in [9.17, 15) is 0 Å². The van der Waals surface area contributed by atoms with Crippen molar-refractivity contribution in [3.05, 3.63) is 137 Å². The molecule has 0 radical (unpaired) electrons. The van der Waals surface area contributed by atoms with Crippen LogP contribution in [-0.2, 0) is 16.2 Å². The van der Waals surface area contributed by atoms with Gasteiger partial charge in [-0.3, -0.25) is 0 Å². The Bertz CT molecular complexity index is 2950. The highest BCUT2D eigenvalue weighted by atomic mass is 32.1. The Hall–Kier alpha value is -5.46. The van der Waals surface area contributed by atoms with E-state index >= 15 is 0 Å². The summed E-state index contributed by atoms with van der Waals surface area (Å²) in [6.45, 7) is 31.2. The van der Waals surface area contributed by atoms with Crippen LogP contribution in [0.2, 0.25) is 0 Å². The minimum atomic E-state index is -0.0583. The van der Waals surface area contributed by atoms with Gasteiger partial charge in [0, 0.05) is 33.4 Å². The number of hydrogen-bond donors (Lipinski definition) is 0. The molecule has 1 aromatic heterocycles. The molecule has 0 saturated carbocycles. The van der Waals surface area contributed by atoms with Crippen LogP contribution >= 0.6 is 11.3 Å². The predicted molar refractivity (Wildman–Crippen MR) is 272 cm³/mol. The molecule has 3 aliphatic heterocycles. The lowest BCUT2D eigenvalue weighted by Crippen LogP contribution is -2.61. The smallest absolute Gasteiger partial charge is 0.254 e. The fourth-order valence-electron chi connectivity index (χ4n) is 10.1. The van der Waals surface area contributed by atoms with Gasteiger partial charge in [-0.2, -0.15) is 0 Å². The van der Waals surface area contributed by atoms with Gasteiger partial charge in [0.2, 0.25) is 0 Å². The number of aryl methyl sites for hydroxylation is 2. The van der Waals surface area contributed by atoms with Gasteiger partial charge in [0.05, 0.1) is 16.4 Å². The van der Waals surface area contributed by atoms with Crippen LogP contribution in [0.3, 0.4) is 0 Å². The van der Waals surface area contributed by atoms with E-state index in [1.165, 1.54) is 93.0 Å². The maximum Gasteiger partial charge on any atom is 0.254 e. The average molecular weight is 849 g/mol. The van der Waals surface area contributed by atoms with Gasteiger partial charge in [-0.1, -0.05) is 137 Å². The van der Waals surface area contributed by atoms with Crippen molar-refractivity contribution in [1.82, 2.24) is 0 Å². The molecule has 0 N–H and O–H groups in total. The van der Waals surface area contributed by atoms with Crippen LogP contribution in [0.4, 0.5) is 33.4 Å². The molecule has 0 fully saturated rings. The zero-order chi connectivity index (χ0) is 44.5. The Morgan fingerprint density at radius 3 is 1.78 bits per heavy atom. The van der Waals surface area contributed by atoms with E-state index in [2.05, 4.69) is 203 Å². The summed E-state index contributed by atoms with van der Waals surface area (Å²) in [4.78, 5) is 5.24. The molecule has 4 nitrogen and oxygen atoms in total. The van der Waals surface area contributed by atoms with E-state index in [4.69, 9.17) is 9.47 Å². The van der Waals surface area contributed by atoms with Crippen molar-refractivity contribution in [2.24, 2.45) is 0 Å². The first kappa shape index (κ1) is 41.5. The molecule has 0 saturated heterocycles. The van der Waals surface area contributed by atoms with E-state index in [0.717, 1.165) is 22.9 Å². The summed E-state index contributed by atoms with van der Waals surface area (Å²) in [6, 6.07) is 39.8. The molecule has 10 rings (SSSR count). The van der Waals surface area contributed by atoms with Gasteiger partial charge >= 0.3 is 0 Å². The monoisotopic (exact) mass is 848 g/mol. The molecule has 0 aliphatic carbocycles. The van der Waals surface area contributed by atoms with Gasteiger partial charge < -0.3 is 19.3 Å². The summed E-state index contributed by atoms with van der Waals surface area (Å²) in [5.41, 5.74) is 20.3. The van der Waals surface area contributed by atoms with Crippen molar-refractivity contribution in [1.29, 1.82) is 0 Å².